The molecule has 1 amide bonds. The SMILES string of the molecule is NCc1ccccc1CNC(=O)c1ccccc1F. The zero-order valence-electron chi connectivity index (χ0n) is 10.4. The van der Waals surface area contributed by atoms with Crippen molar-refractivity contribution in [3.63, 3.8) is 0 Å². The lowest BCUT2D eigenvalue weighted by Crippen LogP contribution is -2.24. The summed E-state index contributed by atoms with van der Waals surface area (Å²) in [6.07, 6.45) is 0. The Morgan fingerprint density at radius 2 is 1.68 bits per heavy atom. The molecule has 0 heterocycles. The zero-order chi connectivity index (χ0) is 13.7. The second kappa shape index (κ2) is 6.11. The standard InChI is InChI=1S/C15H15FN2O/c16-14-8-4-3-7-13(14)15(19)18-10-12-6-2-1-5-11(12)9-17/h1-8H,9-10,17H2,(H,18,19). The van der Waals surface area contributed by atoms with Crippen molar-refractivity contribution < 1.29 is 9.18 Å². The van der Waals surface area contributed by atoms with Crippen LogP contribution in [0.15, 0.2) is 48.5 Å². The minimum absolute atomic E-state index is 0.0488. The normalized spacial score (nSPS) is 10.2. The van der Waals surface area contributed by atoms with Gasteiger partial charge in [-0.15, -0.1) is 0 Å². The molecule has 98 valence electrons. The molecule has 0 saturated heterocycles. The molecule has 2 rings (SSSR count). The molecular weight excluding hydrogens is 243 g/mol. The number of carbonyl (C=O) groups excluding carboxylic acids is 1. The van der Waals surface area contributed by atoms with E-state index in [9.17, 15) is 9.18 Å². The first-order valence-electron chi connectivity index (χ1n) is 6.02. The van der Waals surface area contributed by atoms with Gasteiger partial charge in [0, 0.05) is 13.1 Å². The lowest BCUT2D eigenvalue weighted by Gasteiger charge is -2.09. The monoisotopic (exact) mass is 258 g/mol. The predicted octanol–water partition coefficient (Wildman–Crippen LogP) is 2.21. The fourth-order valence-electron chi connectivity index (χ4n) is 1.85. The molecule has 0 saturated carbocycles. The Morgan fingerprint density at radius 3 is 2.37 bits per heavy atom. The molecule has 0 fully saturated rings. The van der Waals surface area contributed by atoms with Crippen molar-refractivity contribution in [2.24, 2.45) is 5.73 Å². The van der Waals surface area contributed by atoms with Gasteiger partial charge in [0.2, 0.25) is 0 Å². The summed E-state index contributed by atoms with van der Waals surface area (Å²) in [5.41, 5.74) is 7.58. The lowest BCUT2D eigenvalue weighted by molar-refractivity contribution is 0.0947. The number of nitrogens with one attached hydrogen (secondary N) is 1. The van der Waals surface area contributed by atoms with E-state index in [1.165, 1.54) is 12.1 Å². The van der Waals surface area contributed by atoms with Gasteiger partial charge in [0.15, 0.2) is 0 Å². The fraction of sp³-hybridized carbons (Fsp3) is 0.133. The summed E-state index contributed by atoms with van der Waals surface area (Å²) in [5.74, 6) is -0.947. The molecule has 2 aromatic carbocycles. The summed E-state index contributed by atoms with van der Waals surface area (Å²) in [5, 5.41) is 2.70. The Kier molecular flexibility index (Phi) is 4.26. The van der Waals surface area contributed by atoms with Gasteiger partial charge in [0.25, 0.3) is 5.91 Å². The Bertz CT molecular complexity index is 584. The van der Waals surface area contributed by atoms with Crippen molar-refractivity contribution in [2.45, 2.75) is 13.1 Å². The molecule has 4 heteroatoms. The minimum Gasteiger partial charge on any atom is -0.348 e. The molecule has 0 radical (unpaired) electrons. The van der Waals surface area contributed by atoms with Gasteiger partial charge in [-0.2, -0.15) is 0 Å². The topological polar surface area (TPSA) is 55.1 Å². The number of amides is 1. The molecule has 2 aromatic rings. The van der Waals surface area contributed by atoms with E-state index in [1.807, 2.05) is 24.3 Å². The molecule has 0 aliphatic carbocycles. The zero-order valence-corrected chi connectivity index (χ0v) is 10.4. The second-order valence-electron chi connectivity index (χ2n) is 4.14. The maximum atomic E-state index is 13.4. The van der Waals surface area contributed by atoms with Crippen molar-refractivity contribution in [3.8, 4) is 0 Å². The summed E-state index contributed by atoms with van der Waals surface area (Å²) in [6.45, 7) is 0.742. The molecule has 0 spiro atoms. The number of carbonyl (C=O) groups is 1. The molecule has 0 unspecified atom stereocenters. The van der Waals surface area contributed by atoms with E-state index in [1.54, 1.807) is 12.1 Å². The average Bonchev–Trinajstić information content (AvgIpc) is 2.45. The number of hydrogen-bond acceptors (Lipinski definition) is 2. The van der Waals surface area contributed by atoms with Crippen LogP contribution in [0.4, 0.5) is 4.39 Å². The van der Waals surface area contributed by atoms with Crippen LogP contribution >= 0.6 is 0 Å². The number of halogens is 1. The maximum absolute atomic E-state index is 13.4. The third-order valence-electron chi connectivity index (χ3n) is 2.90. The van der Waals surface area contributed by atoms with Crippen LogP contribution in [0.1, 0.15) is 21.5 Å². The van der Waals surface area contributed by atoms with Crippen molar-refractivity contribution in [1.82, 2.24) is 5.32 Å². The van der Waals surface area contributed by atoms with Gasteiger partial charge in [0.05, 0.1) is 5.56 Å². The van der Waals surface area contributed by atoms with E-state index in [0.717, 1.165) is 11.1 Å². The van der Waals surface area contributed by atoms with E-state index in [-0.39, 0.29) is 5.56 Å². The number of rotatable bonds is 4. The largest absolute Gasteiger partial charge is 0.348 e. The van der Waals surface area contributed by atoms with Crippen molar-refractivity contribution >= 4 is 5.91 Å². The molecule has 3 nitrogen and oxygen atoms in total. The molecule has 0 bridgehead atoms. The minimum atomic E-state index is -0.521. The average molecular weight is 258 g/mol. The van der Waals surface area contributed by atoms with Crippen LogP contribution in [0, 0.1) is 5.82 Å². The highest BCUT2D eigenvalue weighted by molar-refractivity contribution is 5.94. The summed E-state index contributed by atoms with van der Waals surface area (Å²) in [4.78, 5) is 11.9. The summed E-state index contributed by atoms with van der Waals surface area (Å²) < 4.78 is 13.4. The maximum Gasteiger partial charge on any atom is 0.254 e. The highest BCUT2D eigenvalue weighted by atomic mass is 19.1. The van der Waals surface area contributed by atoms with E-state index in [2.05, 4.69) is 5.32 Å². The van der Waals surface area contributed by atoms with Crippen molar-refractivity contribution in [3.05, 3.63) is 71.0 Å². The van der Waals surface area contributed by atoms with Crippen molar-refractivity contribution in [2.75, 3.05) is 0 Å². The molecule has 3 N–H and O–H groups in total. The molecular formula is C15H15FN2O. The van der Waals surface area contributed by atoms with E-state index in [0.29, 0.717) is 13.1 Å². The quantitative estimate of drug-likeness (QED) is 0.883. The third-order valence-corrected chi connectivity index (χ3v) is 2.90. The smallest absolute Gasteiger partial charge is 0.254 e. The molecule has 19 heavy (non-hydrogen) atoms. The molecule has 0 atom stereocenters. The molecule has 0 aliphatic rings. The first kappa shape index (κ1) is 13.2. The van der Waals surface area contributed by atoms with Gasteiger partial charge < -0.3 is 11.1 Å². The van der Waals surface area contributed by atoms with Crippen LogP contribution in [0.5, 0.6) is 0 Å². The number of hydrogen-bond donors (Lipinski definition) is 2. The van der Waals surface area contributed by atoms with Gasteiger partial charge in [-0.1, -0.05) is 36.4 Å². The summed E-state index contributed by atoms with van der Waals surface area (Å²) >= 11 is 0. The van der Waals surface area contributed by atoms with Gasteiger partial charge >= 0.3 is 0 Å². The van der Waals surface area contributed by atoms with Crippen LogP contribution in [0.2, 0.25) is 0 Å². The summed E-state index contributed by atoms with van der Waals surface area (Å²) in [6, 6.07) is 13.5. The second-order valence-corrected chi connectivity index (χ2v) is 4.14. The number of benzene rings is 2. The number of nitrogens with two attached hydrogens (primary N) is 1. The van der Waals surface area contributed by atoms with Gasteiger partial charge in [0.1, 0.15) is 5.82 Å². The van der Waals surface area contributed by atoms with Gasteiger partial charge in [-0.3, -0.25) is 4.79 Å². The van der Waals surface area contributed by atoms with Crippen LogP contribution in [0.3, 0.4) is 0 Å². The Hall–Kier alpha value is -2.20. The van der Waals surface area contributed by atoms with Crippen LogP contribution in [-0.4, -0.2) is 5.91 Å². The summed E-state index contributed by atoms with van der Waals surface area (Å²) in [7, 11) is 0. The van der Waals surface area contributed by atoms with E-state index >= 15 is 0 Å². The van der Waals surface area contributed by atoms with Gasteiger partial charge in [-0.25, -0.2) is 4.39 Å². The van der Waals surface area contributed by atoms with Crippen LogP contribution in [-0.2, 0) is 13.1 Å². The molecule has 0 aliphatic heterocycles. The Morgan fingerprint density at radius 1 is 1.05 bits per heavy atom. The third kappa shape index (κ3) is 3.17. The highest BCUT2D eigenvalue weighted by Crippen LogP contribution is 2.09. The fourth-order valence-corrected chi connectivity index (χ4v) is 1.85. The molecule has 0 aromatic heterocycles. The lowest BCUT2D eigenvalue weighted by atomic mass is 10.1. The predicted molar refractivity (Wildman–Crippen MR) is 71.9 cm³/mol. The van der Waals surface area contributed by atoms with Gasteiger partial charge in [-0.05, 0) is 23.3 Å². The first-order valence-corrected chi connectivity index (χ1v) is 6.02. The Labute approximate surface area is 111 Å². The highest BCUT2D eigenvalue weighted by Gasteiger charge is 2.10. The van der Waals surface area contributed by atoms with Crippen LogP contribution in [0.25, 0.3) is 0 Å². The van der Waals surface area contributed by atoms with E-state index < -0.39 is 11.7 Å². The van der Waals surface area contributed by atoms with Crippen LogP contribution < -0.4 is 11.1 Å². The first-order chi connectivity index (χ1) is 9.22. The van der Waals surface area contributed by atoms with Crippen molar-refractivity contribution in [1.29, 1.82) is 0 Å². The van der Waals surface area contributed by atoms with E-state index in [4.69, 9.17) is 5.73 Å². The Balaban J connectivity index is 2.07.